The minimum Gasteiger partial charge on any atom is -0.497 e. The second-order valence-corrected chi connectivity index (χ2v) is 6.39. The average molecular weight is 353 g/mol. The Balaban J connectivity index is 1.51. The summed E-state index contributed by atoms with van der Waals surface area (Å²) in [5, 5.41) is 3.41. The van der Waals surface area contributed by atoms with E-state index in [0.29, 0.717) is 0 Å². The summed E-state index contributed by atoms with van der Waals surface area (Å²) in [6.45, 7) is 1.72. The fourth-order valence-electron chi connectivity index (χ4n) is 3.46. The van der Waals surface area contributed by atoms with E-state index in [0.717, 1.165) is 65.8 Å². The molecule has 0 spiro atoms. The van der Waals surface area contributed by atoms with Gasteiger partial charge in [0.15, 0.2) is 17.0 Å². The predicted molar refractivity (Wildman–Crippen MR) is 100 cm³/mol. The van der Waals surface area contributed by atoms with Crippen LogP contribution in [0.25, 0.3) is 11.2 Å². The zero-order valence-electron chi connectivity index (χ0n) is 15.2. The van der Waals surface area contributed by atoms with Gasteiger partial charge in [0.25, 0.3) is 0 Å². The fourth-order valence-corrected chi connectivity index (χ4v) is 3.46. The van der Waals surface area contributed by atoms with Crippen molar-refractivity contribution in [3.63, 3.8) is 0 Å². The third kappa shape index (κ3) is 3.05. The maximum Gasteiger partial charge on any atom is 0.165 e. The summed E-state index contributed by atoms with van der Waals surface area (Å²) in [4.78, 5) is 13.6. The molecule has 136 valence electrons. The van der Waals surface area contributed by atoms with E-state index in [4.69, 9.17) is 14.5 Å². The Morgan fingerprint density at radius 3 is 2.92 bits per heavy atom. The van der Waals surface area contributed by atoms with E-state index in [2.05, 4.69) is 19.9 Å². The number of benzene rings is 1. The molecule has 2 aromatic heterocycles. The molecular weight excluding hydrogens is 330 g/mol. The van der Waals surface area contributed by atoms with E-state index in [9.17, 15) is 0 Å². The molecule has 0 saturated carbocycles. The lowest BCUT2D eigenvalue weighted by Gasteiger charge is -2.13. The number of hydrogen-bond donors (Lipinski definition) is 1. The molecule has 3 aromatic rings. The first-order valence-corrected chi connectivity index (χ1v) is 8.95. The zero-order valence-corrected chi connectivity index (χ0v) is 15.2. The normalized spacial score (nSPS) is 13.5. The van der Waals surface area contributed by atoms with Gasteiger partial charge in [-0.2, -0.15) is 0 Å². The average Bonchev–Trinajstić information content (AvgIpc) is 3.08. The highest BCUT2D eigenvalue weighted by atomic mass is 16.5. The summed E-state index contributed by atoms with van der Waals surface area (Å²) in [6, 6.07) is 5.89. The number of hydrogen-bond acceptors (Lipinski definition) is 6. The Kier molecular flexibility index (Phi) is 4.60. The minimum atomic E-state index is 0.733. The van der Waals surface area contributed by atoms with Crippen LogP contribution in [0.4, 0.5) is 5.82 Å². The summed E-state index contributed by atoms with van der Waals surface area (Å²) in [5.41, 5.74) is 2.92. The molecule has 0 aliphatic carbocycles. The molecule has 7 heteroatoms. The number of nitrogens with one attached hydrogen (secondary N) is 1. The SMILES string of the molecule is COc1ccc(CCNc2ncnc3c2nc2n3CCCC2)c(OC)c1. The van der Waals surface area contributed by atoms with Crippen molar-refractivity contribution in [3.8, 4) is 11.5 Å². The molecule has 0 fully saturated rings. The Morgan fingerprint density at radius 2 is 2.08 bits per heavy atom. The standard InChI is InChI=1S/C19H23N5O2/c1-25-14-7-6-13(15(11-14)26-2)8-9-20-18-17-19(22-12-21-18)24-10-4-3-5-16(24)23-17/h6-7,11-12H,3-5,8-10H2,1-2H3,(H,20,21,22). The minimum absolute atomic E-state index is 0.733. The largest absolute Gasteiger partial charge is 0.497 e. The van der Waals surface area contributed by atoms with Crippen LogP contribution in [0.15, 0.2) is 24.5 Å². The maximum atomic E-state index is 5.47. The first-order chi connectivity index (χ1) is 12.8. The van der Waals surface area contributed by atoms with Crippen molar-refractivity contribution in [2.24, 2.45) is 0 Å². The van der Waals surface area contributed by atoms with Gasteiger partial charge in [-0.3, -0.25) is 0 Å². The van der Waals surface area contributed by atoms with Gasteiger partial charge in [0, 0.05) is 25.6 Å². The number of methoxy groups -OCH3 is 2. The van der Waals surface area contributed by atoms with Gasteiger partial charge in [0.2, 0.25) is 0 Å². The van der Waals surface area contributed by atoms with Crippen LogP contribution >= 0.6 is 0 Å². The Morgan fingerprint density at radius 1 is 1.15 bits per heavy atom. The van der Waals surface area contributed by atoms with E-state index in [1.807, 2.05) is 18.2 Å². The molecule has 0 atom stereocenters. The number of rotatable bonds is 6. The monoisotopic (exact) mass is 353 g/mol. The first-order valence-electron chi connectivity index (χ1n) is 8.95. The number of anilines is 1. The lowest BCUT2D eigenvalue weighted by molar-refractivity contribution is 0.391. The van der Waals surface area contributed by atoms with Crippen LogP contribution in [0.5, 0.6) is 11.5 Å². The second-order valence-electron chi connectivity index (χ2n) is 6.39. The van der Waals surface area contributed by atoms with Gasteiger partial charge in [-0.15, -0.1) is 0 Å². The Labute approximate surface area is 152 Å². The van der Waals surface area contributed by atoms with Crippen molar-refractivity contribution in [2.45, 2.75) is 32.2 Å². The third-order valence-electron chi connectivity index (χ3n) is 4.82. The topological polar surface area (TPSA) is 74.1 Å². The van der Waals surface area contributed by atoms with Crippen molar-refractivity contribution in [3.05, 3.63) is 35.9 Å². The van der Waals surface area contributed by atoms with Crippen LogP contribution in [-0.4, -0.2) is 40.3 Å². The first kappa shape index (κ1) is 16.6. The van der Waals surface area contributed by atoms with Crippen LogP contribution in [0.1, 0.15) is 24.2 Å². The van der Waals surface area contributed by atoms with Gasteiger partial charge in [-0.05, 0) is 30.9 Å². The lowest BCUT2D eigenvalue weighted by atomic mass is 10.1. The highest BCUT2D eigenvalue weighted by molar-refractivity contribution is 5.83. The molecule has 0 saturated heterocycles. The van der Waals surface area contributed by atoms with E-state index >= 15 is 0 Å². The summed E-state index contributed by atoms with van der Waals surface area (Å²) in [6.07, 6.45) is 5.81. The molecule has 1 aromatic carbocycles. The van der Waals surface area contributed by atoms with Crippen LogP contribution in [0.2, 0.25) is 0 Å². The number of nitrogens with zero attached hydrogens (tertiary/aromatic N) is 4. The highest BCUT2D eigenvalue weighted by Crippen LogP contribution is 2.26. The number of imidazole rings is 1. The molecule has 1 aliphatic heterocycles. The van der Waals surface area contributed by atoms with Crippen LogP contribution < -0.4 is 14.8 Å². The Hall–Kier alpha value is -2.83. The number of aryl methyl sites for hydroxylation is 2. The van der Waals surface area contributed by atoms with Crippen LogP contribution in [0.3, 0.4) is 0 Å². The molecular formula is C19H23N5O2. The van der Waals surface area contributed by atoms with Crippen molar-refractivity contribution in [2.75, 3.05) is 26.1 Å². The summed E-state index contributed by atoms with van der Waals surface area (Å²) < 4.78 is 12.9. The van der Waals surface area contributed by atoms with Crippen molar-refractivity contribution < 1.29 is 9.47 Å². The van der Waals surface area contributed by atoms with E-state index in [-0.39, 0.29) is 0 Å². The van der Waals surface area contributed by atoms with Crippen molar-refractivity contribution >= 4 is 17.0 Å². The van der Waals surface area contributed by atoms with E-state index in [1.54, 1.807) is 20.5 Å². The molecule has 7 nitrogen and oxygen atoms in total. The quantitative estimate of drug-likeness (QED) is 0.734. The van der Waals surface area contributed by atoms with Gasteiger partial charge in [-0.1, -0.05) is 6.07 Å². The molecule has 0 amide bonds. The molecule has 4 rings (SSSR count). The predicted octanol–water partition coefficient (Wildman–Crippen LogP) is 2.83. The van der Waals surface area contributed by atoms with Gasteiger partial charge in [-0.25, -0.2) is 15.0 Å². The van der Waals surface area contributed by atoms with Crippen LogP contribution in [-0.2, 0) is 19.4 Å². The highest BCUT2D eigenvalue weighted by Gasteiger charge is 2.18. The number of aromatic nitrogens is 4. The Bertz CT molecular complexity index is 922. The van der Waals surface area contributed by atoms with Crippen molar-refractivity contribution in [1.82, 2.24) is 19.5 Å². The molecule has 0 bridgehead atoms. The summed E-state index contributed by atoms with van der Waals surface area (Å²) >= 11 is 0. The maximum absolute atomic E-state index is 5.47. The molecule has 1 N–H and O–H groups in total. The summed E-state index contributed by atoms with van der Waals surface area (Å²) in [5.74, 6) is 3.53. The van der Waals surface area contributed by atoms with Gasteiger partial charge in [0.05, 0.1) is 14.2 Å². The van der Waals surface area contributed by atoms with E-state index in [1.165, 1.54) is 12.8 Å². The molecule has 26 heavy (non-hydrogen) atoms. The van der Waals surface area contributed by atoms with Gasteiger partial charge in [0.1, 0.15) is 23.7 Å². The van der Waals surface area contributed by atoms with Gasteiger partial charge >= 0.3 is 0 Å². The van der Waals surface area contributed by atoms with Crippen molar-refractivity contribution in [1.29, 1.82) is 0 Å². The second kappa shape index (κ2) is 7.19. The lowest BCUT2D eigenvalue weighted by Crippen LogP contribution is -2.10. The fraction of sp³-hybridized carbons (Fsp3) is 0.421. The molecule has 3 heterocycles. The van der Waals surface area contributed by atoms with E-state index < -0.39 is 0 Å². The molecule has 0 unspecified atom stereocenters. The third-order valence-corrected chi connectivity index (χ3v) is 4.82. The summed E-state index contributed by atoms with van der Waals surface area (Å²) in [7, 11) is 3.33. The smallest absolute Gasteiger partial charge is 0.165 e. The number of ether oxygens (including phenoxy) is 2. The van der Waals surface area contributed by atoms with Gasteiger partial charge < -0.3 is 19.4 Å². The van der Waals surface area contributed by atoms with Crippen LogP contribution in [0, 0.1) is 0 Å². The molecule has 0 radical (unpaired) electrons. The molecule has 1 aliphatic rings. The number of fused-ring (bicyclic) bond motifs is 3. The zero-order chi connectivity index (χ0) is 17.9.